The number of benzene rings is 3. The predicted octanol–water partition coefficient (Wildman–Crippen LogP) is 4.72. The quantitative estimate of drug-likeness (QED) is 0.142. The molecule has 0 aliphatic heterocycles. The van der Waals surface area contributed by atoms with Crippen molar-refractivity contribution in [2.24, 2.45) is 5.10 Å². The Morgan fingerprint density at radius 3 is 2.31 bits per heavy atom. The van der Waals surface area contributed by atoms with Crippen LogP contribution in [0.15, 0.2) is 76.3 Å². The molecule has 0 aromatic heterocycles. The van der Waals surface area contributed by atoms with Crippen LogP contribution in [0.3, 0.4) is 0 Å². The fourth-order valence-electron chi connectivity index (χ4n) is 2.95. The number of carbonyl (C=O) groups excluding carboxylic acids is 3. The van der Waals surface area contributed by atoms with E-state index in [1.807, 2.05) is 26.0 Å². The standard InChI is InChI=1S/C26H24BrN3O5/c1-3-17-5-10-21(11-6-17)29-24(31)25(32)30-28-16-19-15-20(27)9-14-23(19)35-26(33)18-7-12-22(13-8-18)34-4-2/h5-16H,3-4H2,1-2H3,(H,29,31)(H,30,32)/b28-16+. The number of rotatable bonds is 8. The molecule has 3 aromatic carbocycles. The Labute approximate surface area is 211 Å². The second-order valence-electron chi connectivity index (χ2n) is 7.23. The number of amides is 2. The van der Waals surface area contributed by atoms with Gasteiger partial charge in [-0.3, -0.25) is 9.59 Å². The molecular weight excluding hydrogens is 514 g/mol. The van der Waals surface area contributed by atoms with Gasteiger partial charge in [0.1, 0.15) is 11.5 Å². The summed E-state index contributed by atoms with van der Waals surface area (Å²) in [5.41, 5.74) is 4.55. The zero-order valence-corrected chi connectivity index (χ0v) is 20.8. The molecule has 0 atom stereocenters. The number of halogens is 1. The Kier molecular flexibility index (Phi) is 9.14. The van der Waals surface area contributed by atoms with Crippen LogP contribution in [0, 0.1) is 0 Å². The first-order chi connectivity index (χ1) is 16.9. The van der Waals surface area contributed by atoms with Crippen molar-refractivity contribution in [1.82, 2.24) is 5.43 Å². The van der Waals surface area contributed by atoms with Crippen LogP contribution in [0.4, 0.5) is 5.69 Å². The monoisotopic (exact) mass is 537 g/mol. The van der Waals surface area contributed by atoms with Crippen LogP contribution in [-0.2, 0) is 16.0 Å². The molecule has 0 saturated heterocycles. The van der Waals surface area contributed by atoms with Crippen molar-refractivity contribution in [1.29, 1.82) is 0 Å². The fourth-order valence-corrected chi connectivity index (χ4v) is 3.33. The molecule has 0 aliphatic carbocycles. The van der Waals surface area contributed by atoms with E-state index in [-0.39, 0.29) is 5.75 Å². The Morgan fingerprint density at radius 2 is 1.66 bits per heavy atom. The molecule has 8 nitrogen and oxygen atoms in total. The molecule has 0 saturated carbocycles. The number of ether oxygens (including phenoxy) is 2. The molecule has 2 N–H and O–H groups in total. The highest BCUT2D eigenvalue weighted by Gasteiger charge is 2.14. The fraction of sp³-hybridized carbons (Fsp3) is 0.154. The largest absolute Gasteiger partial charge is 0.494 e. The van der Waals surface area contributed by atoms with Crippen molar-refractivity contribution in [2.45, 2.75) is 20.3 Å². The summed E-state index contributed by atoms with van der Waals surface area (Å²) in [7, 11) is 0. The summed E-state index contributed by atoms with van der Waals surface area (Å²) in [6.45, 7) is 4.42. The Hall–Kier alpha value is -3.98. The van der Waals surface area contributed by atoms with Gasteiger partial charge >= 0.3 is 17.8 Å². The van der Waals surface area contributed by atoms with E-state index in [1.165, 1.54) is 6.21 Å². The highest BCUT2D eigenvalue weighted by Crippen LogP contribution is 2.23. The molecule has 9 heteroatoms. The molecular formula is C26H24BrN3O5. The minimum atomic E-state index is -0.941. The molecule has 3 aromatic rings. The van der Waals surface area contributed by atoms with Gasteiger partial charge in [-0.15, -0.1) is 0 Å². The normalized spacial score (nSPS) is 10.6. The number of anilines is 1. The van der Waals surface area contributed by atoms with Crippen molar-refractivity contribution < 1.29 is 23.9 Å². The lowest BCUT2D eigenvalue weighted by Gasteiger charge is -2.09. The van der Waals surface area contributed by atoms with E-state index in [1.54, 1.807) is 54.6 Å². The highest BCUT2D eigenvalue weighted by molar-refractivity contribution is 9.10. The molecule has 0 aliphatic rings. The zero-order chi connectivity index (χ0) is 25.2. The third kappa shape index (κ3) is 7.51. The summed E-state index contributed by atoms with van der Waals surface area (Å²) >= 11 is 3.35. The molecule has 0 radical (unpaired) electrons. The average molecular weight is 538 g/mol. The van der Waals surface area contributed by atoms with Crippen LogP contribution in [0.5, 0.6) is 11.5 Å². The predicted molar refractivity (Wildman–Crippen MR) is 137 cm³/mol. The van der Waals surface area contributed by atoms with Crippen molar-refractivity contribution in [3.63, 3.8) is 0 Å². The van der Waals surface area contributed by atoms with Crippen molar-refractivity contribution >= 4 is 45.6 Å². The van der Waals surface area contributed by atoms with E-state index in [2.05, 4.69) is 31.8 Å². The number of esters is 1. The second kappa shape index (κ2) is 12.5. The number of aryl methyl sites for hydroxylation is 1. The molecule has 0 bridgehead atoms. The molecule has 3 rings (SSSR count). The van der Waals surface area contributed by atoms with Crippen LogP contribution in [0.25, 0.3) is 0 Å². The third-order valence-corrected chi connectivity index (χ3v) is 5.26. The highest BCUT2D eigenvalue weighted by atomic mass is 79.9. The van der Waals surface area contributed by atoms with Gasteiger partial charge in [0.05, 0.1) is 18.4 Å². The number of hydrogen-bond acceptors (Lipinski definition) is 6. The maximum atomic E-state index is 12.6. The lowest BCUT2D eigenvalue weighted by molar-refractivity contribution is -0.136. The smallest absolute Gasteiger partial charge is 0.343 e. The summed E-state index contributed by atoms with van der Waals surface area (Å²) < 4.78 is 11.6. The lowest BCUT2D eigenvalue weighted by Crippen LogP contribution is -2.32. The van der Waals surface area contributed by atoms with Crippen molar-refractivity contribution in [3.05, 3.63) is 87.9 Å². The van der Waals surface area contributed by atoms with Gasteiger partial charge in [-0.1, -0.05) is 35.0 Å². The van der Waals surface area contributed by atoms with E-state index in [9.17, 15) is 14.4 Å². The van der Waals surface area contributed by atoms with E-state index in [4.69, 9.17) is 9.47 Å². The van der Waals surface area contributed by atoms with Gasteiger partial charge in [0.15, 0.2) is 0 Å². The molecule has 180 valence electrons. The van der Waals surface area contributed by atoms with E-state index < -0.39 is 17.8 Å². The lowest BCUT2D eigenvalue weighted by atomic mass is 10.1. The van der Waals surface area contributed by atoms with E-state index in [0.717, 1.165) is 12.0 Å². The Morgan fingerprint density at radius 1 is 0.943 bits per heavy atom. The van der Waals surface area contributed by atoms with Crippen molar-refractivity contribution in [3.8, 4) is 11.5 Å². The number of nitrogens with zero attached hydrogens (tertiary/aromatic N) is 1. The molecule has 0 heterocycles. The zero-order valence-electron chi connectivity index (χ0n) is 19.2. The Bertz CT molecular complexity index is 1220. The summed E-state index contributed by atoms with van der Waals surface area (Å²) in [6.07, 6.45) is 2.16. The summed E-state index contributed by atoms with van der Waals surface area (Å²) in [5, 5.41) is 6.34. The third-order valence-electron chi connectivity index (χ3n) is 4.77. The average Bonchev–Trinajstić information content (AvgIpc) is 2.86. The van der Waals surface area contributed by atoms with Crippen molar-refractivity contribution in [2.75, 3.05) is 11.9 Å². The van der Waals surface area contributed by atoms with Gasteiger partial charge < -0.3 is 14.8 Å². The molecule has 2 amide bonds. The number of hydrogen-bond donors (Lipinski definition) is 2. The molecule has 35 heavy (non-hydrogen) atoms. The first kappa shape index (κ1) is 25.6. The maximum absolute atomic E-state index is 12.6. The van der Waals surface area contributed by atoms with Gasteiger partial charge in [0.25, 0.3) is 0 Å². The van der Waals surface area contributed by atoms with Crippen LogP contribution < -0.4 is 20.2 Å². The number of carbonyl (C=O) groups is 3. The van der Waals surface area contributed by atoms with Crippen LogP contribution in [-0.4, -0.2) is 30.6 Å². The maximum Gasteiger partial charge on any atom is 0.343 e. The number of nitrogens with one attached hydrogen (secondary N) is 2. The molecule has 0 fully saturated rings. The Balaban J connectivity index is 1.63. The first-order valence-electron chi connectivity index (χ1n) is 10.9. The van der Waals surface area contributed by atoms with Crippen LogP contribution >= 0.6 is 15.9 Å². The summed E-state index contributed by atoms with van der Waals surface area (Å²) in [6, 6.07) is 18.7. The second-order valence-corrected chi connectivity index (χ2v) is 8.15. The van der Waals surface area contributed by atoms with Gasteiger partial charge in [0, 0.05) is 15.7 Å². The van der Waals surface area contributed by atoms with Gasteiger partial charge in [-0.25, -0.2) is 10.2 Å². The van der Waals surface area contributed by atoms with Crippen LogP contribution in [0.2, 0.25) is 0 Å². The minimum absolute atomic E-state index is 0.227. The summed E-state index contributed by atoms with van der Waals surface area (Å²) in [5.74, 6) is -1.49. The molecule has 0 spiro atoms. The van der Waals surface area contributed by atoms with Gasteiger partial charge in [0.2, 0.25) is 0 Å². The van der Waals surface area contributed by atoms with E-state index in [0.29, 0.717) is 33.6 Å². The molecule has 0 unspecified atom stereocenters. The van der Waals surface area contributed by atoms with Gasteiger partial charge in [-0.2, -0.15) is 5.10 Å². The van der Waals surface area contributed by atoms with Crippen LogP contribution in [0.1, 0.15) is 35.3 Å². The first-order valence-corrected chi connectivity index (χ1v) is 11.7. The minimum Gasteiger partial charge on any atom is -0.494 e. The SMILES string of the molecule is CCOc1ccc(C(=O)Oc2ccc(Br)cc2/C=N/NC(=O)C(=O)Nc2ccc(CC)cc2)cc1. The topological polar surface area (TPSA) is 106 Å². The van der Waals surface area contributed by atoms with E-state index >= 15 is 0 Å². The number of hydrazone groups is 1. The van der Waals surface area contributed by atoms with Gasteiger partial charge in [-0.05, 0) is 73.5 Å². The summed E-state index contributed by atoms with van der Waals surface area (Å²) in [4.78, 5) is 36.8.